The van der Waals surface area contributed by atoms with Crippen LogP contribution in [-0.4, -0.2) is 19.1 Å². The first kappa shape index (κ1) is 18.3. The van der Waals surface area contributed by atoms with Crippen LogP contribution in [0.25, 0.3) is 0 Å². The van der Waals surface area contributed by atoms with E-state index in [0.717, 1.165) is 12.8 Å². The lowest BCUT2D eigenvalue weighted by Gasteiger charge is -2.14. The van der Waals surface area contributed by atoms with Crippen LogP contribution in [-0.2, 0) is 0 Å². The number of rotatable bonds is 8. The Balaban J connectivity index is 2.14. The number of anilines is 1. The van der Waals surface area contributed by atoms with E-state index >= 15 is 0 Å². The molecule has 130 valence electrons. The number of hydrogen-bond acceptors (Lipinski definition) is 4. The van der Waals surface area contributed by atoms with Gasteiger partial charge in [-0.1, -0.05) is 13.8 Å². The van der Waals surface area contributed by atoms with E-state index in [4.69, 9.17) is 14.7 Å². The molecule has 2 aromatic carbocycles. The summed E-state index contributed by atoms with van der Waals surface area (Å²) in [4.78, 5) is 12.3. The van der Waals surface area contributed by atoms with Gasteiger partial charge in [-0.15, -0.1) is 0 Å². The average molecular weight is 338 g/mol. The summed E-state index contributed by atoms with van der Waals surface area (Å²) in [6, 6.07) is 13.9. The summed E-state index contributed by atoms with van der Waals surface area (Å²) < 4.78 is 11.4. The number of carbonyl (C=O) groups excluding carboxylic acids is 1. The normalized spacial score (nSPS) is 9.96. The van der Waals surface area contributed by atoms with Crippen molar-refractivity contribution in [3.05, 3.63) is 53.6 Å². The molecule has 0 bridgehead atoms. The molecule has 0 aromatic heterocycles. The summed E-state index contributed by atoms with van der Waals surface area (Å²) in [5.74, 6) is 1.05. The van der Waals surface area contributed by atoms with Gasteiger partial charge in [-0.05, 0) is 49.2 Å². The maximum Gasteiger partial charge on any atom is 0.255 e. The van der Waals surface area contributed by atoms with Crippen LogP contribution >= 0.6 is 0 Å². The van der Waals surface area contributed by atoms with Crippen LogP contribution in [0.15, 0.2) is 42.5 Å². The minimum Gasteiger partial charge on any atom is -0.490 e. The van der Waals surface area contributed by atoms with Gasteiger partial charge in [0.1, 0.15) is 0 Å². The Kier molecular flexibility index (Phi) is 6.85. The van der Waals surface area contributed by atoms with E-state index in [1.54, 1.807) is 42.5 Å². The number of carbonyl (C=O) groups is 1. The highest BCUT2D eigenvalue weighted by Crippen LogP contribution is 2.31. The van der Waals surface area contributed by atoms with Gasteiger partial charge in [0.05, 0.1) is 24.8 Å². The third kappa shape index (κ3) is 5.25. The van der Waals surface area contributed by atoms with E-state index < -0.39 is 0 Å². The highest BCUT2D eigenvalue weighted by atomic mass is 16.5. The highest BCUT2D eigenvalue weighted by molar-refractivity contribution is 6.04. The van der Waals surface area contributed by atoms with E-state index in [0.29, 0.717) is 41.5 Å². The first-order chi connectivity index (χ1) is 12.2. The molecule has 0 unspecified atom stereocenters. The topological polar surface area (TPSA) is 71.3 Å². The van der Waals surface area contributed by atoms with E-state index in [-0.39, 0.29) is 5.91 Å². The first-order valence-electron chi connectivity index (χ1n) is 8.39. The van der Waals surface area contributed by atoms with Gasteiger partial charge in [0, 0.05) is 17.3 Å². The van der Waals surface area contributed by atoms with Crippen molar-refractivity contribution in [3.8, 4) is 17.6 Å². The molecule has 5 nitrogen and oxygen atoms in total. The second kappa shape index (κ2) is 9.33. The van der Waals surface area contributed by atoms with Crippen molar-refractivity contribution < 1.29 is 14.3 Å². The third-order valence-corrected chi connectivity index (χ3v) is 3.40. The predicted octanol–water partition coefficient (Wildman–Crippen LogP) is 4.39. The number of nitrogens with one attached hydrogen (secondary N) is 1. The Hall–Kier alpha value is -3.00. The zero-order chi connectivity index (χ0) is 18.1. The molecule has 5 heteroatoms. The summed E-state index contributed by atoms with van der Waals surface area (Å²) >= 11 is 0. The van der Waals surface area contributed by atoms with Gasteiger partial charge in [0.15, 0.2) is 11.5 Å². The van der Waals surface area contributed by atoms with E-state index in [9.17, 15) is 4.79 Å². The third-order valence-electron chi connectivity index (χ3n) is 3.40. The van der Waals surface area contributed by atoms with Gasteiger partial charge in [0.25, 0.3) is 5.91 Å². The van der Waals surface area contributed by atoms with Crippen LogP contribution in [0.1, 0.15) is 42.6 Å². The molecule has 2 aromatic rings. The van der Waals surface area contributed by atoms with Crippen LogP contribution in [0.4, 0.5) is 5.69 Å². The van der Waals surface area contributed by atoms with Crippen LogP contribution in [0, 0.1) is 11.3 Å². The van der Waals surface area contributed by atoms with Gasteiger partial charge in [-0.25, -0.2) is 0 Å². The lowest BCUT2D eigenvalue weighted by Crippen LogP contribution is -2.12. The molecular weight excluding hydrogens is 316 g/mol. The second-order valence-corrected chi connectivity index (χ2v) is 5.50. The average Bonchev–Trinajstić information content (AvgIpc) is 2.65. The molecule has 0 spiro atoms. The number of ether oxygens (including phenoxy) is 2. The molecule has 0 saturated carbocycles. The summed E-state index contributed by atoms with van der Waals surface area (Å²) in [7, 11) is 0. The monoisotopic (exact) mass is 338 g/mol. The molecule has 25 heavy (non-hydrogen) atoms. The molecule has 0 aliphatic rings. The summed E-state index contributed by atoms with van der Waals surface area (Å²) in [5.41, 5.74) is 1.63. The molecule has 0 aliphatic carbocycles. The lowest BCUT2D eigenvalue weighted by atomic mass is 10.1. The van der Waals surface area contributed by atoms with Crippen molar-refractivity contribution >= 4 is 11.6 Å². The molecule has 0 aliphatic heterocycles. The lowest BCUT2D eigenvalue weighted by molar-refractivity contribution is 0.102. The summed E-state index contributed by atoms with van der Waals surface area (Å²) in [6.07, 6.45) is 1.79. The fourth-order valence-electron chi connectivity index (χ4n) is 2.14. The zero-order valence-electron chi connectivity index (χ0n) is 14.5. The van der Waals surface area contributed by atoms with E-state index in [2.05, 4.69) is 5.32 Å². The Labute approximate surface area is 148 Å². The molecule has 0 heterocycles. The molecule has 1 N–H and O–H groups in total. The van der Waals surface area contributed by atoms with Crippen LogP contribution in [0.2, 0.25) is 0 Å². The number of nitriles is 1. The van der Waals surface area contributed by atoms with Crippen molar-refractivity contribution in [2.75, 3.05) is 18.5 Å². The van der Waals surface area contributed by atoms with Gasteiger partial charge < -0.3 is 14.8 Å². The van der Waals surface area contributed by atoms with Crippen LogP contribution < -0.4 is 14.8 Å². The number of hydrogen-bond donors (Lipinski definition) is 1. The Bertz CT molecular complexity index is 749. The van der Waals surface area contributed by atoms with Crippen LogP contribution in [0.3, 0.4) is 0 Å². The van der Waals surface area contributed by atoms with Crippen molar-refractivity contribution in [2.45, 2.75) is 26.7 Å². The van der Waals surface area contributed by atoms with Gasteiger partial charge in [-0.3, -0.25) is 4.79 Å². The van der Waals surface area contributed by atoms with E-state index in [1.807, 2.05) is 19.9 Å². The molecule has 0 fully saturated rings. The smallest absolute Gasteiger partial charge is 0.255 e. The zero-order valence-corrected chi connectivity index (χ0v) is 14.5. The van der Waals surface area contributed by atoms with Crippen molar-refractivity contribution in [1.29, 1.82) is 5.26 Å². The standard InChI is InChI=1S/C20H22N2O3/c1-3-11-24-18-10-9-17(13-19(18)25-12-4-2)22-20(23)16-7-5-15(14-21)6-8-16/h5-10,13H,3-4,11-12H2,1-2H3,(H,22,23). The number of benzene rings is 2. The maximum absolute atomic E-state index is 12.3. The predicted molar refractivity (Wildman–Crippen MR) is 97.1 cm³/mol. The van der Waals surface area contributed by atoms with Gasteiger partial charge >= 0.3 is 0 Å². The largest absolute Gasteiger partial charge is 0.490 e. The van der Waals surface area contributed by atoms with E-state index in [1.165, 1.54) is 0 Å². The van der Waals surface area contributed by atoms with Crippen molar-refractivity contribution in [2.24, 2.45) is 0 Å². The Morgan fingerprint density at radius 1 is 1.00 bits per heavy atom. The Morgan fingerprint density at radius 3 is 2.24 bits per heavy atom. The van der Waals surface area contributed by atoms with Crippen molar-refractivity contribution in [1.82, 2.24) is 0 Å². The molecule has 0 saturated heterocycles. The Morgan fingerprint density at radius 2 is 1.64 bits per heavy atom. The molecular formula is C20H22N2O3. The second-order valence-electron chi connectivity index (χ2n) is 5.50. The number of nitrogens with zero attached hydrogens (tertiary/aromatic N) is 1. The quantitative estimate of drug-likeness (QED) is 0.775. The molecule has 0 atom stereocenters. The molecule has 2 rings (SSSR count). The summed E-state index contributed by atoms with van der Waals surface area (Å²) in [5, 5.41) is 11.7. The molecule has 0 radical (unpaired) electrons. The van der Waals surface area contributed by atoms with Gasteiger partial charge in [0.2, 0.25) is 0 Å². The van der Waals surface area contributed by atoms with Crippen LogP contribution in [0.5, 0.6) is 11.5 Å². The fourth-order valence-corrected chi connectivity index (χ4v) is 2.14. The minimum absolute atomic E-state index is 0.242. The number of amides is 1. The highest BCUT2D eigenvalue weighted by Gasteiger charge is 2.10. The SMILES string of the molecule is CCCOc1ccc(NC(=O)c2ccc(C#N)cc2)cc1OCCC. The molecule has 1 amide bonds. The fraction of sp³-hybridized carbons (Fsp3) is 0.300. The minimum atomic E-state index is -0.242. The summed E-state index contributed by atoms with van der Waals surface area (Å²) in [6.45, 7) is 5.26. The van der Waals surface area contributed by atoms with Crippen molar-refractivity contribution in [3.63, 3.8) is 0 Å². The maximum atomic E-state index is 12.3. The first-order valence-corrected chi connectivity index (χ1v) is 8.39. The van der Waals surface area contributed by atoms with Gasteiger partial charge in [-0.2, -0.15) is 5.26 Å².